The van der Waals surface area contributed by atoms with Crippen LogP contribution in [0.15, 0.2) is 48.0 Å². The molecule has 1 aliphatic heterocycles. The molecule has 4 rings (SSSR count). The fraction of sp³-hybridized carbons (Fsp3) is 0.541. The standard InChI is InChI=1S/C37H49FN2O7/c1-3-4-5-6-7-8-9-10-11-15-32(43)40(18-16-25-13-12-14-27(38)20-25)30-23-29(37(45)39-17-19-41)33-28-21-26(24-42)22-31(46-2)35(28)47-36(33)34(30)44/h12-14,20-24,30,33-34,36,41,44H,3-11,15-19H2,1-2H3,(H,39,45)/t30-,33+,34+,36+/m1/s1. The number of carbonyl (C=O) groups is 3. The molecule has 10 heteroatoms. The molecule has 0 fully saturated rings. The molecule has 0 radical (unpaired) electrons. The zero-order valence-corrected chi connectivity index (χ0v) is 27.6. The minimum atomic E-state index is -1.23. The number of ether oxygens (including phenoxy) is 2. The van der Waals surface area contributed by atoms with Crippen molar-refractivity contribution < 1.29 is 38.5 Å². The fourth-order valence-electron chi connectivity index (χ4n) is 6.67. The van der Waals surface area contributed by atoms with Crippen molar-refractivity contribution in [2.75, 3.05) is 26.8 Å². The van der Waals surface area contributed by atoms with Crippen molar-refractivity contribution in [3.8, 4) is 11.5 Å². The number of fused-ring (bicyclic) bond motifs is 3. The summed E-state index contributed by atoms with van der Waals surface area (Å²) in [4.78, 5) is 40.8. The molecule has 0 spiro atoms. The number of benzene rings is 2. The summed E-state index contributed by atoms with van der Waals surface area (Å²) in [5, 5.41) is 24.0. The first-order valence-corrected chi connectivity index (χ1v) is 17.0. The minimum Gasteiger partial charge on any atom is -0.493 e. The smallest absolute Gasteiger partial charge is 0.247 e. The number of rotatable bonds is 19. The van der Waals surface area contributed by atoms with Crippen LogP contribution in [0.5, 0.6) is 11.5 Å². The van der Waals surface area contributed by atoms with Crippen LogP contribution in [-0.2, 0) is 16.0 Å². The van der Waals surface area contributed by atoms with Gasteiger partial charge in [-0.25, -0.2) is 4.39 Å². The van der Waals surface area contributed by atoms with Gasteiger partial charge in [-0.1, -0.05) is 70.4 Å². The third-order valence-electron chi connectivity index (χ3n) is 9.12. The van der Waals surface area contributed by atoms with Gasteiger partial charge in [0.05, 0.1) is 25.7 Å². The van der Waals surface area contributed by atoms with Gasteiger partial charge in [0.1, 0.15) is 24.3 Å². The monoisotopic (exact) mass is 652 g/mol. The van der Waals surface area contributed by atoms with E-state index >= 15 is 0 Å². The van der Waals surface area contributed by atoms with Gasteiger partial charge < -0.3 is 29.9 Å². The van der Waals surface area contributed by atoms with Crippen molar-refractivity contribution in [2.45, 2.75) is 102 Å². The first kappa shape index (κ1) is 36.1. The predicted molar refractivity (Wildman–Crippen MR) is 177 cm³/mol. The second-order valence-electron chi connectivity index (χ2n) is 12.4. The zero-order valence-electron chi connectivity index (χ0n) is 27.6. The number of amides is 2. The molecule has 2 aliphatic rings. The molecule has 0 unspecified atom stereocenters. The lowest BCUT2D eigenvalue weighted by Crippen LogP contribution is -2.56. The first-order valence-electron chi connectivity index (χ1n) is 17.0. The SMILES string of the molecule is CCCCCCCCCCCC(=O)N(CCc1cccc(F)c1)[C@@H]1C=C(C(=O)NCCO)[C@@H]2c3cc(C=O)cc(OC)c3O[C@@H]2[C@H]1O. The fourth-order valence-corrected chi connectivity index (χ4v) is 6.67. The van der Waals surface area contributed by atoms with Crippen LogP contribution >= 0.6 is 0 Å². The van der Waals surface area contributed by atoms with E-state index in [4.69, 9.17) is 9.47 Å². The summed E-state index contributed by atoms with van der Waals surface area (Å²) >= 11 is 0. The van der Waals surface area contributed by atoms with Gasteiger partial charge in [0.15, 0.2) is 11.5 Å². The Balaban J connectivity index is 1.60. The average molecular weight is 653 g/mol. The van der Waals surface area contributed by atoms with Crippen LogP contribution < -0.4 is 14.8 Å². The Labute approximate surface area is 277 Å². The Morgan fingerprint density at radius 2 is 1.79 bits per heavy atom. The molecule has 2 aromatic rings. The predicted octanol–water partition coefficient (Wildman–Crippen LogP) is 5.26. The summed E-state index contributed by atoms with van der Waals surface area (Å²) in [6.07, 6.45) is 10.7. The summed E-state index contributed by atoms with van der Waals surface area (Å²) < 4.78 is 25.8. The second-order valence-corrected chi connectivity index (χ2v) is 12.4. The van der Waals surface area contributed by atoms with Gasteiger partial charge in [0.2, 0.25) is 11.8 Å². The molecule has 3 N–H and O–H groups in total. The first-order chi connectivity index (χ1) is 22.8. The summed E-state index contributed by atoms with van der Waals surface area (Å²) in [6.45, 7) is 2.12. The number of nitrogens with zero attached hydrogens (tertiary/aromatic N) is 1. The minimum absolute atomic E-state index is 0.00696. The van der Waals surface area contributed by atoms with Crippen molar-refractivity contribution in [2.24, 2.45) is 0 Å². The van der Waals surface area contributed by atoms with E-state index in [-0.39, 0.29) is 43.4 Å². The van der Waals surface area contributed by atoms with Crippen LogP contribution in [0.4, 0.5) is 4.39 Å². The average Bonchev–Trinajstić information content (AvgIpc) is 3.47. The molecular formula is C37H49FN2O7. The maximum Gasteiger partial charge on any atom is 0.247 e. The van der Waals surface area contributed by atoms with E-state index in [9.17, 15) is 29.0 Å². The highest BCUT2D eigenvalue weighted by atomic mass is 19.1. The van der Waals surface area contributed by atoms with Crippen LogP contribution in [0.2, 0.25) is 0 Å². The number of unbranched alkanes of at least 4 members (excludes halogenated alkanes) is 8. The lowest BCUT2D eigenvalue weighted by Gasteiger charge is -2.41. The van der Waals surface area contributed by atoms with Gasteiger partial charge in [0.25, 0.3) is 0 Å². The highest BCUT2D eigenvalue weighted by Crippen LogP contribution is 2.51. The van der Waals surface area contributed by atoms with Gasteiger partial charge in [-0.05, 0) is 48.7 Å². The molecular weight excluding hydrogens is 603 g/mol. The van der Waals surface area contributed by atoms with E-state index in [0.29, 0.717) is 47.3 Å². The molecule has 256 valence electrons. The molecule has 2 aromatic carbocycles. The van der Waals surface area contributed by atoms with E-state index in [1.54, 1.807) is 29.2 Å². The van der Waals surface area contributed by atoms with E-state index in [1.807, 2.05) is 0 Å². The van der Waals surface area contributed by atoms with E-state index in [0.717, 1.165) is 19.3 Å². The quantitative estimate of drug-likeness (QED) is 0.140. The zero-order chi connectivity index (χ0) is 33.8. The Kier molecular flexibility index (Phi) is 13.8. The Hall–Kier alpha value is -3.76. The molecule has 4 atom stereocenters. The largest absolute Gasteiger partial charge is 0.493 e. The van der Waals surface area contributed by atoms with Crippen LogP contribution in [0.25, 0.3) is 0 Å². The number of aliphatic hydroxyl groups is 2. The second kappa shape index (κ2) is 18.0. The highest BCUT2D eigenvalue weighted by molar-refractivity contribution is 5.96. The van der Waals surface area contributed by atoms with Crippen LogP contribution in [-0.4, -0.2) is 78.3 Å². The van der Waals surface area contributed by atoms with Gasteiger partial charge in [-0.2, -0.15) is 0 Å². The number of carbonyl (C=O) groups excluding carboxylic acids is 3. The van der Waals surface area contributed by atoms with Gasteiger partial charge in [-0.3, -0.25) is 14.4 Å². The number of halogens is 1. The van der Waals surface area contributed by atoms with Crippen LogP contribution in [0.3, 0.4) is 0 Å². The van der Waals surface area contributed by atoms with Crippen molar-refractivity contribution in [3.63, 3.8) is 0 Å². The molecule has 9 nitrogen and oxygen atoms in total. The summed E-state index contributed by atoms with van der Waals surface area (Å²) in [7, 11) is 1.44. The molecule has 47 heavy (non-hydrogen) atoms. The Morgan fingerprint density at radius 3 is 2.45 bits per heavy atom. The van der Waals surface area contributed by atoms with Crippen molar-refractivity contribution in [3.05, 3.63) is 70.6 Å². The normalized spacial score (nSPS) is 19.6. The number of aldehydes is 1. The van der Waals surface area contributed by atoms with E-state index in [1.165, 1.54) is 57.4 Å². The lowest BCUT2D eigenvalue weighted by molar-refractivity contribution is -0.137. The number of hydrogen-bond donors (Lipinski definition) is 3. The van der Waals surface area contributed by atoms with E-state index < -0.39 is 30.1 Å². The van der Waals surface area contributed by atoms with Crippen LogP contribution in [0, 0.1) is 5.82 Å². The number of nitrogens with one attached hydrogen (secondary N) is 1. The maximum absolute atomic E-state index is 14.0. The molecule has 1 aliphatic carbocycles. The van der Waals surface area contributed by atoms with Crippen molar-refractivity contribution in [1.29, 1.82) is 0 Å². The molecule has 2 amide bonds. The van der Waals surface area contributed by atoms with Gasteiger partial charge in [-0.15, -0.1) is 0 Å². The summed E-state index contributed by atoms with van der Waals surface area (Å²) in [5.74, 6) is -1.16. The van der Waals surface area contributed by atoms with E-state index in [2.05, 4.69) is 12.2 Å². The highest BCUT2D eigenvalue weighted by Gasteiger charge is 2.51. The molecule has 0 bridgehead atoms. The van der Waals surface area contributed by atoms with Gasteiger partial charge >= 0.3 is 0 Å². The summed E-state index contributed by atoms with van der Waals surface area (Å²) in [5.41, 5.74) is 1.81. The Bertz CT molecular complexity index is 1400. The number of hydrogen-bond acceptors (Lipinski definition) is 7. The topological polar surface area (TPSA) is 125 Å². The number of methoxy groups -OCH3 is 1. The summed E-state index contributed by atoms with van der Waals surface area (Å²) in [6, 6.07) is 8.42. The molecule has 1 heterocycles. The van der Waals surface area contributed by atoms with Crippen LogP contribution in [0.1, 0.15) is 98.5 Å². The maximum atomic E-state index is 14.0. The van der Waals surface area contributed by atoms with Crippen molar-refractivity contribution in [1.82, 2.24) is 10.2 Å². The lowest BCUT2D eigenvalue weighted by atomic mass is 9.77. The molecule has 0 aromatic heterocycles. The molecule has 0 saturated carbocycles. The third-order valence-corrected chi connectivity index (χ3v) is 9.12. The van der Waals surface area contributed by atoms with Crippen molar-refractivity contribution >= 4 is 18.1 Å². The Morgan fingerprint density at radius 1 is 1.06 bits per heavy atom. The number of aliphatic hydroxyl groups excluding tert-OH is 2. The van der Waals surface area contributed by atoms with Gasteiger partial charge in [0, 0.05) is 36.2 Å². The molecule has 0 saturated heterocycles. The third kappa shape index (κ3) is 9.20.